The molecule has 0 aliphatic carbocycles. The molecule has 94 valence electrons. The Kier molecular flexibility index (Phi) is 4.18. The average molecular weight is 241 g/mol. The number of benzene rings is 2. The van der Waals surface area contributed by atoms with Gasteiger partial charge < -0.3 is 10.6 Å². The second-order valence-corrected chi connectivity index (χ2v) is 4.14. The number of aliphatic imine (C=N–C) groups is 1. The maximum absolute atomic E-state index is 4.09. The van der Waals surface area contributed by atoms with Crippen LogP contribution in [0.2, 0.25) is 0 Å². The zero-order valence-corrected chi connectivity index (χ0v) is 10.9. The van der Waals surface area contributed by atoms with Crippen LogP contribution in [0, 0.1) is 0 Å². The highest BCUT2D eigenvalue weighted by Crippen LogP contribution is 2.18. The minimum Gasteiger partial charge on any atom is -0.359 e. The third kappa shape index (κ3) is 2.80. The quantitative estimate of drug-likeness (QED) is 0.638. The van der Waals surface area contributed by atoms with Crippen LogP contribution in [-0.2, 0) is 6.42 Å². The summed E-state index contributed by atoms with van der Waals surface area (Å²) in [5.41, 5.74) is 1.37. The van der Waals surface area contributed by atoms with Gasteiger partial charge in [0.1, 0.15) is 0 Å². The van der Waals surface area contributed by atoms with Crippen LogP contribution in [0.5, 0.6) is 0 Å². The molecule has 0 radical (unpaired) electrons. The Labute approximate surface area is 108 Å². The van der Waals surface area contributed by atoms with Gasteiger partial charge >= 0.3 is 0 Å². The van der Waals surface area contributed by atoms with Crippen LogP contribution in [-0.4, -0.2) is 26.6 Å². The lowest BCUT2D eigenvalue weighted by molar-refractivity contribution is 0.837. The van der Waals surface area contributed by atoms with E-state index in [2.05, 4.69) is 58.1 Å². The van der Waals surface area contributed by atoms with E-state index in [1.54, 1.807) is 7.05 Å². The molecule has 0 bridgehead atoms. The summed E-state index contributed by atoms with van der Waals surface area (Å²) in [6, 6.07) is 14.9. The number of guanidine groups is 1. The van der Waals surface area contributed by atoms with Crippen molar-refractivity contribution < 1.29 is 0 Å². The Morgan fingerprint density at radius 3 is 2.67 bits per heavy atom. The zero-order chi connectivity index (χ0) is 12.8. The summed E-state index contributed by atoms with van der Waals surface area (Å²) in [4.78, 5) is 4.09. The van der Waals surface area contributed by atoms with Gasteiger partial charge in [0.05, 0.1) is 0 Å². The number of nitrogens with zero attached hydrogens (tertiary/aromatic N) is 1. The van der Waals surface area contributed by atoms with Crippen LogP contribution >= 0.6 is 0 Å². The second-order valence-electron chi connectivity index (χ2n) is 4.14. The standard InChI is InChI=1S/C15H19N3/c1-16-15(17-2)18-11-10-13-8-5-7-12-6-3-4-9-14(12)13/h3-9H,10-11H2,1-2H3,(H2,16,17,18). The average Bonchev–Trinajstić information content (AvgIpc) is 2.44. The number of nitrogens with one attached hydrogen (secondary N) is 2. The molecule has 18 heavy (non-hydrogen) atoms. The SMILES string of the molecule is CN=C(NC)NCCc1cccc2ccccc12. The summed E-state index contributed by atoms with van der Waals surface area (Å²) in [6.07, 6.45) is 0.988. The lowest BCUT2D eigenvalue weighted by Gasteiger charge is -2.10. The Morgan fingerprint density at radius 1 is 1.11 bits per heavy atom. The largest absolute Gasteiger partial charge is 0.359 e. The minimum absolute atomic E-state index is 0.829. The normalized spacial score (nSPS) is 11.6. The van der Waals surface area contributed by atoms with Crippen LogP contribution in [0.25, 0.3) is 10.8 Å². The Morgan fingerprint density at radius 2 is 1.89 bits per heavy atom. The van der Waals surface area contributed by atoms with Gasteiger partial charge in [-0.2, -0.15) is 0 Å². The van der Waals surface area contributed by atoms with Crippen molar-refractivity contribution in [2.75, 3.05) is 20.6 Å². The first kappa shape index (κ1) is 12.4. The molecule has 0 saturated heterocycles. The lowest BCUT2D eigenvalue weighted by Crippen LogP contribution is -2.35. The van der Waals surface area contributed by atoms with E-state index in [9.17, 15) is 0 Å². The predicted molar refractivity (Wildman–Crippen MR) is 78.1 cm³/mol. The van der Waals surface area contributed by atoms with Crippen LogP contribution in [0.15, 0.2) is 47.5 Å². The van der Waals surface area contributed by atoms with Gasteiger partial charge in [-0.1, -0.05) is 42.5 Å². The fraction of sp³-hybridized carbons (Fsp3) is 0.267. The van der Waals surface area contributed by atoms with Gasteiger partial charge in [-0.05, 0) is 22.8 Å². The van der Waals surface area contributed by atoms with Crippen molar-refractivity contribution >= 4 is 16.7 Å². The smallest absolute Gasteiger partial charge is 0.190 e. The van der Waals surface area contributed by atoms with Crippen LogP contribution < -0.4 is 10.6 Å². The van der Waals surface area contributed by atoms with Crippen LogP contribution in [0.4, 0.5) is 0 Å². The molecule has 3 heteroatoms. The Bertz CT molecular complexity index is 541. The van der Waals surface area contributed by atoms with Crippen LogP contribution in [0.1, 0.15) is 5.56 Å². The summed E-state index contributed by atoms with van der Waals surface area (Å²) < 4.78 is 0. The fourth-order valence-corrected chi connectivity index (χ4v) is 2.11. The third-order valence-electron chi connectivity index (χ3n) is 3.03. The molecule has 0 spiro atoms. The third-order valence-corrected chi connectivity index (χ3v) is 3.03. The summed E-state index contributed by atoms with van der Waals surface area (Å²) in [7, 11) is 3.64. The van der Waals surface area contributed by atoms with Crippen LogP contribution in [0.3, 0.4) is 0 Å². The first-order chi connectivity index (χ1) is 8.85. The molecule has 0 amide bonds. The molecule has 0 heterocycles. The van der Waals surface area contributed by atoms with E-state index in [-0.39, 0.29) is 0 Å². The van der Waals surface area contributed by atoms with E-state index >= 15 is 0 Å². The molecule has 0 fully saturated rings. The van der Waals surface area contributed by atoms with Crippen molar-refractivity contribution in [3.05, 3.63) is 48.0 Å². The molecule has 0 atom stereocenters. The molecule has 0 aliphatic rings. The summed E-state index contributed by atoms with van der Waals surface area (Å²) in [5.74, 6) is 0.829. The van der Waals surface area contributed by atoms with Gasteiger partial charge in [-0.3, -0.25) is 4.99 Å². The van der Waals surface area contributed by atoms with E-state index in [0.717, 1.165) is 18.9 Å². The van der Waals surface area contributed by atoms with Gasteiger partial charge in [-0.25, -0.2) is 0 Å². The highest BCUT2D eigenvalue weighted by Gasteiger charge is 2.00. The van der Waals surface area contributed by atoms with Gasteiger partial charge in [0.15, 0.2) is 5.96 Å². The van der Waals surface area contributed by atoms with Crippen molar-refractivity contribution in [1.82, 2.24) is 10.6 Å². The number of fused-ring (bicyclic) bond motifs is 1. The van der Waals surface area contributed by atoms with Crippen molar-refractivity contribution in [2.45, 2.75) is 6.42 Å². The molecule has 3 nitrogen and oxygen atoms in total. The van der Waals surface area contributed by atoms with E-state index in [0.29, 0.717) is 0 Å². The number of rotatable bonds is 3. The number of hydrogen-bond acceptors (Lipinski definition) is 1. The van der Waals surface area contributed by atoms with E-state index < -0.39 is 0 Å². The van der Waals surface area contributed by atoms with E-state index in [4.69, 9.17) is 0 Å². The molecule has 0 aliphatic heterocycles. The summed E-state index contributed by atoms with van der Waals surface area (Å²) >= 11 is 0. The van der Waals surface area contributed by atoms with Crippen molar-refractivity contribution in [1.29, 1.82) is 0 Å². The molecule has 2 aromatic carbocycles. The highest BCUT2D eigenvalue weighted by molar-refractivity contribution is 5.85. The first-order valence-corrected chi connectivity index (χ1v) is 6.20. The van der Waals surface area contributed by atoms with Crippen molar-refractivity contribution in [3.63, 3.8) is 0 Å². The monoisotopic (exact) mass is 241 g/mol. The first-order valence-electron chi connectivity index (χ1n) is 6.20. The van der Waals surface area contributed by atoms with Gasteiger partial charge in [-0.15, -0.1) is 0 Å². The maximum Gasteiger partial charge on any atom is 0.190 e. The number of hydrogen-bond donors (Lipinski definition) is 2. The topological polar surface area (TPSA) is 36.4 Å². The summed E-state index contributed by atoms with van der Waals surface area (Å²) in [5, 5.41) is 8.92. The molecule has 2 N–H and O–H groups in total. The maximum atomic E-state index is 4.09. The molecular weight excluding hydrogens is 222 g/mol. The van der Waals surface area contributed by atoms with Gasteiger partial charge in [0.2, 0.25) is 0 Å². The Balaban J connectivity index is 2.08. The van der Waals surface area contributed by atoms with E-state index in [1.165, 1.54) is 16.3 Å². The lowest BCUT2D eigenvalue weighted by atomic mass is 10.0. The fourth-order valence-electron chi connectivity index (χ4n) is 2.11. The van der Waals surface area contributed by atoms with Gasteiger partial charge in [0, 0.05) is 20.6 Å². The molecule has 0 saturated carbocycles. The van der Waals surface area contributed by atoms with E-state index in [1.807, 2.05) is 7.05 Å². The Hall–Kier alpha value is -2.03. The zero-order valence-electron chi connectivity index (χ0n) is 10.9. The van der Waals surface area contributed by atoms with Crippen molar-refractivity contribution in [3.8, 4) is 0 Å². The molecule has 2 rings (SSSR count). The molecule has 0 aromatic heterocycles. The predicted octanol–water partition coefficient (Wildman–Crippen LogP) is 2.18. The molecular formula is C15H19N3. The molecule has 2 aromatic rings. The highest BCUT2D eigenvalue weighted by atomic mass is 15.1. The minimum atomic E-state index is 0.829. The van der Waals surface area contributed by atoms with Crippen molar-refractivity contribution in [2.24, 2.45) is 4.99 Å². The second kappa shape index (κ2) is 6.05. The summed E-state index contributed by atoms with van der Waals surface area (Å²) in [6.45, 7) is 0.877. The van der Waals surface area contributed by atoms with Gasteiger partial charge in [0.25, 0.3) is 0 Å². The molecule has 0 unspecified atom stereocenters.